The second-order valence-electron chi connectivity index (χ2n) is 6.48. The van der Waals surface area contributed by atoms with Gasteiger partial charge >= 0.3 is 11.7 Å². The van der Waals surface area contributed by atoms with E-state index >= 15 is 0 Å². The molecular formula is C20H23N3O4. The minimum Gasteiger partial charge on any atom is -0.618 e. The number of nitrogens with one attached hydrogen (secondary N) is 1. The lowest BCUT2D eigenvalue weighted by molar-refractivity contribution is -0.608. The SMILES string of the molecule is O=C(COC(=O)c1cccc[n+]1[O-])Nc1ccc(N2CCCCCC2)cc1. The first kappa shape index (κ1) is 18.7. The van der Waals surface area contributed by atoms with Crippen LogP contribution in [0.25, 0.3) is 0 Å². The zero-order chi connectivity index (χ0) is 19.1. The highest BCUT2D eigenvalue weighted by atomic mass is 16.5. The van der Waals surface area contributed by atoms with Crippen molar-refractivity contribution in [3.8, 4) is 0 Å². The van der Waals surface area contributed by atoms with Crippen molar-refractivity contribution in [3.05, 3.63) is 59.6 Å². The summed E-state index contributed by atoms with van der Waals surface area (Å²) in [7, 11) is 0. The Morgan fingerprint density at radius 2 is 1.74 bits per heavy atom. The summed E-state index contributed by atoms with van der Waals surface area (Å²) < 4.78 is 5.30. The van der Waals surface area contributed by atoms with Gasteiger partial charge in [0, 0.05) is 36.6 Å². The van der Waals surface area contributed by atoms with Crippen LogP contribution in [0.3, 0.4) is 0 Å². The first-order valence-corrected chi connectivity index (χ1v) is 9.14. The predicted octanol–water partition coefficient (Wildman–Crippen LogP) is 2.50. The summed E-state index contributed by atoms with van der Waals surface area (Å²) in [6.45, 7) is 1.66. The molecule has 142 valence electrons. The minimum absolute atomic E-state index is 0.160. The third-order valence-electron chi connectivity index (χ3n) is 4.49. The molecule has 1 aliphatic rings. The third-order valence-corrected chi connectivity index (χ3v) is 4.49. The van der Waals surface area contributed by atoms with Gasteiger partial charge in [-0.1, -0.05) is 12.8 Å². The largest absolute Gasteiger partial charge is 0.618 e. The highest BCUT2D eigenvalue weighted by Crippen LogP contribution is 2.21. The number of aromatic nitrogens is 1. The number of hydrogen-bond acceptors (Lipinski definition) is 5. The molecule has 2 heterocycles. The molecule has 0 saturated carbocycles. The quantitative estimate of drug-likeness (QED) is 0.497. The number of benzene rings is 1. The monoisotopic (exact) mass is 369 g/mol. The zero-order valence-electron chi connectivity index (χ0n) is 15.1. The molecule has 1 amide bonds. The van der Waals surface area contributed by atoms with E-state index in [-0.39, 0.29) is 5.69 Å². The molecule has 0 bridgehead atoms. The predicted molar refractivity (Wildman–Crippen MR) is 101 cm³/mol. The van der Waals surface area contributed by atoms with E-state index in [2.05, 4.69) is 10.2 Å². The summed E-state index contributed by atoms with van der Waals surface area (Å²) in [6, 6.07) is 12.0. The molecule has 0 atom stereocenters. The average molecular weight is 369 g/mol. The molecule has 1 aromatic carbocycles. The van der Waals surface area contributed by atoms with E-state index in [0.29, 0.717) is 10.4 Å². The Hall–Kier alpha value is -3.09. The van der Waals surface area contributed by atoms with Crippen LogP contribution in [-0.4, -0.2) is 31.6 Å². The van der Waals surface area contributed by atoms with Crippen LogP contribution in [0.5, 0.6) is 0 Å². The van der Waals surface area contributed by atoms with Crippen molar-refractivity contribution in [3.63, 3.8) is 0 Å². The van der Waals surface area contributed by atoms with Crippen molar-refractivity contribution in [2.45, 2.75) is 25.7 Å². The highest BCUT2D eigenvalue weighted by Gasteiger charge is 2.18. The molecule has 1 aromatic heterocycles. The molecule has 7 nitrogen and oxygen atoms in total. The molecule has 7 heteroatoms. The molecule has 1 saturated heterocycles. The molecule has 0 unspecified atom stereocenters. The molecule has 1 aliphatic heterocycles. The summed E-state index contributed by atoms with van der Waals surface area (Å²) >= 11 is 0. The number of carbonyl (C=O) groups is 2. The van der Waals surface area contributed by atoms with E-state index < -0.39 is 18.5 Å². The normalized spacial score (nSPS) is 14.3. The smallest absolute Gasteiger partial charge is 0.405 e. The second-order valence-corrected chi connectivity index (χ2v) is 6.48. The van der Waals surface area contributed by atoms with Crippen LogP contribution in [0.4, 0.5) is 11.4 Å². The molecule has 0 spiro atoms. The maximum atomic E-state index is 12.0. The lowest BCUT2D eigenvalue weighted by Gasteiger charge is -2.22. The fraction of sp³-hybridized carbons (Fsp3) is 0.350. The number of hydrogen-bond donors (Lipinski definition) is 1. The van der Waals surface area contributed by atoms with E-state index in [9.17, 15) is 14.8 Å². The van der Waals surface area contributed by atoms with Crippen molar-refractivity contribution in [1.82, 2.24) is 0 Å². The van der Waals surface area contributed by atoms with Crippen LogP contribution in [0.15, 0.2) is 48.7 Å². The number of amides is 1. The Balaban J connectivity index is 1.50. The van der Waals surface area contributed by atoms with Crippen LogP contribution in [0.1, 0.15) is 36.2 Å². The van der Waals surface area contributed by atoms with Gasteiger partial charge in [0.15, 0.2) is 12.8 Å². The molecule has 3 rings (SSSR count). The van der Waals surface area contributed by atoms with Gasteiger partial charge in [0.1, 0.15) is 0 Å². The van der Waals surface area contributed by atoms with E-state index in [0.717, 1.165) is 18.8 Å². The van der Waals surface area contributed by atoms with Gasteiger partial charge in [-0.3, -0.25) is 4.79 Å². The average Bonchev–Trinajstić information content (AvgIpc) is 2.97. The molecular weight excluding hydrogens is 346 g/mol. The molecule has 0 radical (unpaired) electrons. The molecule has 0 aliphatic carbocycles. The summed E-state index contributed by atoms with van der Waals surface area (Å²) in [5, 5.41) is 14.2. The first-order chi connectivity index (χ1) is 13.1. The van der Waals surface area contributed by atoms with Gasteiger partial charge in [-0.2, -0.15) is 4.73 Å². The minimum atomic E-state index is -0.836. The van der Waals surface area contributed by atoms with Crippen LogP contribution in [0, 0.1) is 5.21 Å². The Morgan fingerprint density at radius 3 is 2.41 bits per heavy atom. The summed E-state index contributed by atoms with van der Waals surface area (Å²) in [4.78, 5) is 26.2. The number of pyridine rings is 1. The lowest BCUT2D eigenvalue weighted by Crippen LogP contribution is -2.35. The Bertz CT molecular complexity index is 784. The van der Waals surface area contributed by atoms with Crippen LogP contribution in [-0.2, 0) is 9.53 Å². The Kier molecular flexibility index (Phi) is 6.25. The van der Waals surface area contributed by atoms with Gasteiger partial charge in [0.05, 0.1) is 0 Å². The number of anilines is 2. The highest BCUT2D eigenvalue weighted by molar-refractivity contribution is 5.94. The van der Waals surface area contributed by atoms with Gasteiger partial charge in [0.25, 0.3) is 5.91 Å². The Labute approximate surface area is 158 Å². The van der Waals surface area contributed by atoms with Gasteiger partial charge in [0.2, 0.25) is 0 Å². The van der Waals surface area contributed by atoms with Crippen LogP contribution >= 0.6 is 0 Å². The summed E-state index contributed by atoms with van der Waals surface area (Å²) in [5.74, 6) is -1.29. The van der Waals surface area contributed by atoms with Crippen LogP contribution in [0.2, 0.25) is 0 Å². The van der Waals surface area contributed by atoms with Crippen LogP contribution < -0.4 is 14.9 Å². The van der Waals surface area contributed by atoms with E-state index in [1.54, 1.807) is 6.07 Å². The number of esters is 1. The van der Waals surface area contributed by atoms with E-state index in [4.69, 9.17) is 4.74 Å². The van der Waals surface area contributed by atoms with E-state index in [1.165, 1.54) is 44.0 Å². The van der Waals surface area contributed by atoms with Gasteiger partial charge in [-0.25, -0.2) is 4.79 Å². The van der Waals surface area contributed by atoms with Gasteiger partial charge < -0.3 is 20.2 Å². The third kappa shape index (κ3) is 5.20. The van der Waals surface area contributed by atoms with Crippen molar-refractivity contribution in [2.24, 2.45) is 0 Å². The van der Waals surface area contributed by atoms with Gasteiger partial charge in [-0.05, 0) is 43.2 Å². The van der Waals surface area contributed by atoms with Crippen molar-refractivity contribution < 1.29 is 19.1 Å². The fourth-order valence-electron chi connectivity index (χ4n) is 3.07. The Morgan fingerprint density at radius 1 is 1.04 bits per heavy atom. The zero-order valence-corrected chi connectivity index (χ0v) is 15.1. The maximum Gasteiger partial charge on any atom is 0.405 e. The molecule has 2 aromatic rings. The van der Waals surface area contributed by atoms with Crippen molar-refractivity contribution in [2.75, 3.05) is 29.9 Å². The number of carbonyl (C=O) groups excluding carboxylic acids is 2. The van der Waals surface area contributed by atoms with Crippen molar-refractivity contribution in [1.29, 1.82) is 0 Å². The summed E-state index contributed by atoms with van der Waals surface area (Å²) in [6.07, 6.45) is 6.16. The standard InChI is InChI=1S/C20H23N3O4/c24-19(15-27-20(25)18-7-3-6-14-23(18)26)21-16-8-10-17(11-9-16)22-12-4-1-2-5-13-22/h3,6-11,14H,1-2,4-5,12-13,15H2,(H,21,24). The maximum absolute atomic E-state index is 12.0. The number of rotatable bonds is 5. The van der Waals surface area contributed by atoms with Crippen molar-refractivity contribution >= 4 is 23.3 Å². The fourth-order valence-corrected chi connectivity index (χ4v) is 3.07. The molecule has 1 N–H and O–H groups in total. The molecule has 1 fully saturated rings. The molecule has 27 heavy (non-hydrogen) atoms. The van der Waals surface area contributed by atoms with E-state index in [1.807, 2.05) is 24.3 Å². The van der Waals surface area contributed by atoms with Gasteiger partial charge in [-0.15, -0.1) is 0 Å². The second kappa shape index (κ2) is 9.02. The lowest BCUT2D eigenvalue weighted by atomic mass is 10.2. The number of ether oxygens (including phenoxy) is 1. The topological polar surface area (TPSA) is 85.6 Å². The number of nitrogens with zero attached hydrogens (tertiary/aromatic N) is 2. The first-order valence-electron chi connectivity index (χ1n) is 9.14. The summed E-state index contributed by atoms with van der Waals surface area (Å²) in [5.41, 5.74) is 1.62.